The van der Waals surface area contributed by atoms with Gasteiger partial charge in [-0.3, -0.25) is 4.98 Å². The fraction of sp³-hybridized carbons (Fsp3) is 0.250. The van der Waals surface area contributed by atoms with Crippen LogP contribution >= 0.6 is 0 Å². The maximum absolute atomic E-state index is 12.8. The maximum Gasteiger partial charge on any atom is 0.125 e. The predicted molar refractivity (Wildman–Crippen MR) is 60.4 cm³/mol. The minimum atomic E-state index is -0.471. The highest BCUT2D eigenvalue weighted by atomic mass is 19.1. The fourth-order valence-electron chi connectivity index (χ4n) is 0.964. The molecule has 0 amide bonds. The summed E-state index contributed by atoms with van der Waals surface area (Å²) in [4.78, 5) is 4.00. The number of hydrogen-bond donors (Lipinski definition) is 0. The third-order valence-electron chi connectivity index (χ3n) is 1.50. The number of hydrogen-bond acceptors (Lipinski definition) is 1. The van der Waals surface area contributed by atoms with Crippen LogP contribution in [0.1, 0.15) is 32.0 Å². The van der Waals surface area contributed by atoms with Crippen molar-refractivity contribution in [3.63, 3.8) is 0 Å². The van der Waals surface area contributed by atoms with E-state index in [9.17, 15) is 4.39 Å². The van der Waals surface area contributed by atoms with Gasteiger partial charge in [0.2, 0.25) is 0 Å². The van der Waals surface area contributed by atoms with Gasteiger partial charge in [0.25, 0.3) is 0 Å². The highest BCUT2D eigenvalue weighted by Gasteiger charge is 2.05. The second-order valence-electron chi connectivity index (χ2n) is 2.58. The zero-order valence-electron chi connectivity index (χ0n) is 8.97. The Hall–Kier alpha value is -1.44. The molecule has 0 aliphatic rings. The molecule has 76 valence electrons. The summed E-state index contributed by atoms with van der Waals surface area (Å²) in [6.07, 6.45) is 1.61. The van der Waals surface area contributed by atoms with E-state index in [0.29, 0.717) is 11.3 Å². The number of allylic oxidation sites excluding steroid dienone is 1. The third-order valence-corrected chi connectivity index (χ3v) is 1.50. The van der Waals surface area contributed by atoms with Crippen LogP contribution in [0.2, 0.25) is 0 Å². The van der Waals surface area contributed by atoms with E-state index in [-0.39, 0.29) is 0 Å². The van der Waals surface area contributed by atoms with Crippen LogP contribution < -0.4 is 0 Å². The number of halogens is 1. The second-order valence-corrected chi connectivity index (χ2v) is 2.58. The molecule has 0 aliphatic carbocycles. The maximum atomic E-state index is 12.8. The lowest BCUT2D eigenvalue weighted by Crippen LogP contribution is -1.90. The molecule has 1 aromatic heterocycles. The van der Waals surface area contributed by atoms with Gasteiger partial charge in [-0.25, -0.2) is 4.39 Å². The summed E-state index contributed by atoms with van der Waals surface area (Å²) in [6, 6.07) is 3.31. The molecule has 0 saturated carbocycles. The first-order valence-corrected chi connectivity index (χ1v) is 4.58. The molecule has 0 N–H and O–H groups in total. The molecule has 1 heterocycles. The summed E-state index contributed by atoms with van der Waals surface area (Å²) in [6.45, 7) is 12.7. The van der Waals surface area contributed by atoms with E-state index in [2.05, 4.69) is 18.1 Å². The molecule has 2 heteroatoms. The van der Waals surface area contributed by atoms with Gasteiger partial charge in [0.05, 0.1) is 5.69 Å². The largest absolute Gasteiger partial charge is 0.256 e. The highest BCUT2D eigenvalue weighted by Crippen LogP contribution is 2.21. The van der Waals surface area contributed by atoms with Crippen LogP contribution in [-0.4, -0.2) is 4.98 Å². The molecule has 0 spiro atoms. The Kier molecular flexibility index (Phi) is 5.46. The Morgan fingerprint density at radius 2 is 1.93 bits per heavy atom. The van der Waals surface area contributed by atoms with Gasteiger partial charge < -0.3 is 0 Å². The first-order valence-electron chi connectivity index (χ1n) is 4.58. The Bertz CT molecular complexity index is 296. The lowest BCUT2D eigenvalue weighted by atomic mass is 10.1. The first kappa shape index (κ1) is 12.6. The van der Waals surface area contributed by atoms with Crippen LogP contribution in [0.25, 0.3) is 11.4 Å². The van der Waals surface area contributed by atoms with Crippen molar-refractivity contribution in [2.75, 3.05) is 0 Å². The van der Waals surface area contributed by atoms with Crippen molar-refractivity contribution < 1.29 is 4.39 Å². The molecule has 0 fully saturated rings. The van der Waals surface area contributed by atoms with E-state index in [0.717, 1.165) is 5.57 Å². The van der Waals surface area contributed by atoms with Crippen molar-refractivity contribution in [3.05, 3.63) is 42.7 Å². The van der Waals surface area contributed by atoms with Gasteiger partial charge >= 0.3 is 0 Å². The Balaban J connectivity index is 0.000000791. The lowest BCUT2D eigenvalue weighted by Gasteiger charge is -2.03. The molecule has 0 aliphatic heterocycles. The molecule has 0 radical (unpaired) electrons. The summed E-state index contributed by atoms with van der Waals surface area (Å²) in [5.74, 6) is -0.471. The SMILES string of the molecule is C=C(F)c1cccnc1C(=C)C.CC. The van der Waals surface area contributed by atoms with E-state index >= 15 is 0 Å². The Labute approximate surface area is 85.0 Å². The molecular weight excluding hydrogens is 177 g/mol. The van der Waals surface area contributed by atoms with Crippen molar-refractivity contribution in [1.29, 1.82) is 0 Å². The van der Waals surface area contributed by atoms with Crippen LogP contribution in [0, 0.1) is 0 Å². The molecule has 0 atom stereocenters. The molecule has 14 heavy (non-hydrogen) atoms. The zero-order valence-corrected chi connectivity index (χ0v) is 8.97. The van der Waals surface area contributed by atoms with Gasteiger partial charge in [0.15, 0.2) is 0 Å². The van der Waals surface area contributed by atoms with Crippen molar-refractivity contribution in [3.8, 4) is 0 Å². The topological polar surface area (TPSA) is 12.9 Å². The summed E-state index contributed by atoms with van der Waals surface area (Å²) in [7, 11) is 0. The molecule has 1 nitrogen and oxygen atoms in total. The van der Waals surface area contributed by atoms with Gasteiger partial charge in [-0.05, 0) is 24.6 Å². The fourth-order valence-corrected chi connectivity index (χ4v) is 0.964. The monoisotopic (exact) mass is 193 g/mol. The normalized spacial score (nSPS) is 8.57. The molecule has 0 aromatic carbocycles. The molecule has 1 rings (SSSR count). The average molecular weight is 193 g/mol. The van der Waals surface area contributed by atoms with Crippen molar-refractivity contribution in [1.82, 2.24) is 4.98 Å². The molecule has 0 saturated heterocycles. The summed E-state index contributed by atoms with van der Waals surface area (Å²) >= 11 is 0. The minimum absolute atomic E-state index is 0.421. The van der Waals surface area contributed by atoms with E-state index in [1.807, 2.05) is 13.8 Å². The van der Waals surface area contributed by atoms with E-state index < -0.39 is 5.83 Å². The van der Waals surface area contributed by atoms with Crippen molar-refractivity contribution >= 4 is 11.4 Å². The zero-order chi connectivity index (χ0) is 11.1. The predicted octanol–water partition coefficient (Wildman–Crippen LogP) is 4.08. The molecular formula is C12H16FN. The van der Waals surface area contributed by atoms with Gasteiger partial charge in [-0.15, -0.1) is 0 Å². The Morgan fingerprint density at radius 1 is 1.36 bits per heavy atom. The van der Waals surface area contributed by atoms with Crippen LogP contribution in [0.3, 0.4) is 0 Å². The third kappa shape index (κ3) is 3.13. The van der Waals surface area contributed by atoms with E-state index in [4.69, 9.17) is 0 Å². The number of nitrogens with zero attached hydrogens (tertiary/aromatic N) is 1. The standard InChI is InChI=1S/C10H10FN.C2H6/c1-7(2)10-9(8(3)11)5-4-6-12-10;1-2/h4-6H,1,3H2,2H3;1-2H3. The first-order chi connectivity index (χ1) is 6.63. The highest BCUT2D eigenvalue weighted by molar-refractivity contribution is 5.71. The van der Waals surface area contributed by atoms with Crippen molar-refractivity contribution in [2.24, 2.45) is 0 Å². The minimum Gasteiger partial charge on any atom is -0.256 e. The summed E-state index contributed by atoms with van der Waals surface area (Å²) in [5.41, 5.74) is 1.74. The number of pyridine rings is 1. The van der Waals surface area contributed by atoms with Crippen molar-refractivity contribution in [2.45, 2.75) is 20.8 Å². The smallest absolute Gasteiger partial charge is 0.125 e. The second kappa shape index (κ2) is 6.08. The number of rotatable bonds is 2. The quantitative estimate of drug-likeness (QED) is 0.689. The van der Waals surface area contributed by atoms with Crippen LogP contribution in [-0.2, 0) is 0 Å². The van der Waals surface area contributed by atoms with Crippen LogP contribution in [0.5, 0.6) is 0 Å². The van der Waals surface area contributed by atoms with Crippen LogP contribution in [0.15, 0.2) is 31.5 Å². The van der Waals surface area contributed by atoms with E-state index in [1.165, 1.54) is 0 Å². The molecule has 0 unspecified atom stereocenters. The summed E-state index contributed by atoms with van der Waals surface area (Å²) < 4.78 is 12.8. The number of aromatic nitrogens is 1. The lowest BCUT2D eigenvalue weighted by molar-refractivity contribution is 0.761. The van der Waals surface area contributed by atoms with Gasteiger partial charge in [0, 0.05) is 11.8 Å². The average Bonchev–Trinajstić information content (AvgIpc) is 2.20. The van der Waals surface area contributed by atoms with Gasteiger partial charge in [0.1, 0.15) is 5.83 Å². The van der Waals surface area contributed by atoms with Gasteiger partial charge in [-0.2, -0.15) is 0 Å². The molecule has 1 aromatic rings. The summed E-state index contributed by atoms with van der Waals surface area (Å²) in [5, 5.41) is 0. The molecule has 0 bridgehead atoms. The van der Waals surface area contributed by atoms with Gasteiger partial charge in [-0.1, -0.05) is 27.0 Å². The Morgan fingerprint density at radius 3 is 2.29 bits per heavy atom. The van der Waals surface area contributed by atoms with E-state index in [1.54, 1.807) is 25.3 Å². The van der Waals surface area contributed by atoms with Crippen LogP contribution in [0.4, 0.5) is 4.39 Å².